The molecule has 1 N–H and O–H groups in total. The van der Waals surface area contributed by atoms with Crippen molar-refractivity contribution in [2.45, 2.75) is 40.3 Å². The zero-order valence-electron chi connectivity index (χ0n) is 15.9. The minimum atomic E-state index is -0.132. The monoisotopic (exact) mass is 345 g/mol. The van der Waals surface area contributed by atoms with Crippen LogP contribution in [-0.2, 0) is 22.7 Å². The number of likely N-dealkylation sites (tertiary alicyclic amines) is 1. The van der Waals surface area contributed by atoms with Crippen molar-refractivity contribution in [1.82, 2.24) is 15.1 Å². The first kappa shape index (κ1) is 19.4. The molecule has 0 spiro atoms. The number of nitrogens with one attached hydrogen (secondary N) is 1. The lowest BCUT2D eigenvalue weighted by Crippen LogP contribution is -2.39. The van der Waals surface area contributed by atoms with Gasteiger partial charge in [0.25, 0.3) is 0 Å². The van der Waals surface area contributed by atoms with Crippen molar-refractivity contribution >= 4 is 11.8 Å². The van der Waals surface area contributed by atoms with Crippen LogP contribution in [0.25, 0.3) is 0 Å². The van der Waals surface area contributed by atoms with Crippen molar-refractivity contribution in [3.63, 3.8) is 0 Å². The van der Waals surface area contributed by atoms with Gasteiger partial charge in [-0.3, -0.25) is 14.5 Å². The highest BCUT2D eigenvalue weighted by atomic mass is 16.2. The summed E-state index contributed by atoms with van der Waals surface area (Å²) in [6.45, 7) is 9.89. The number of hydrogen-bond acceptors (Lipinski definition) is 3. The second-order valence-electron chi connectivity index (χ2n) is 7.56. The van der Waals surface area contributed by atoms with Gasteiger partial charge in [0.1, 0.15) is 0 Å². The fourth-order valence-corrected chi connectivity index (χ4v) is 3.62. The lowest BCUT2D eigenvalue weighted by atomic mass is 9.91. The molecular formula is C20H31N3O2. The van der Waals surface area contributed by atoms with E-state index in [9.17, 15) is 9.59 Å². The number of piperidine rings is 1. The summed E-state index contributed by atoms with van der Waals surface area (Å²) < 4.78 is 0. The molecule has 1 aromatic carbocycles. The maximum Gasteiger partial charge on any atom is 0.239 e. The van der Waals surface area contributed by atoms with Crippen molar-refractivity contribution in [3.05, 3.63) is 35.4 Å². The third kappa shape index (κ3) is 6.16. The molecule has 0 aliphatic carbocycles. The summed E-state index contributed by atoms with van der Waals surface area (Å²) in [6, 6.07) is 8.28. The van der Waals surface area contributed by atoms with Gasteiger partial charge in [-0.15, -0.1) is 0 Å². The lowest BCUT2D eigenvalue weighted by molar-refractivity contribution is -0.133. The largest absolute Gasteiger partial charge is 0.350 e. The van der Waals surface area contributed by atoms with Gasteiger partial charge in [-0.1, -0.05) is 38.1 Å². The molecule has 1 heterocycles. The number of rotatable bonds is 6. The Labute approximate surface area is 151 Å². The maximum absolute atomic E-state index is 12.0. The summed E-state index contributed by atoms with van der Waals surface area (Å²) in [5, 5.41) is 2.93. The number of hydrogen-bond donors (Lipinski definition) is 1. The van der Waals surface area contributed by atoms with Crippen LogP contribution >= 0.6 is 0 Å². The molecule has 1 fully saturated rings. The van der Waals surface area contributed by atoms with Gasteiger partial charge in [-0.2, -0.15) is 0 Å². The van der Waals surface area contributed by atoms with E-state index in [1.54, 1.807) is 7.05 Å². The second-order valence-corrected chi connectivity index (χ2v) is 7.56. The maximum atomic E-state index is 12.0. The van der Waals surface area contributed by atoms with Crippen molar-refractivity contribution in [2.75, 3.05) is 26.7 Å². The quantitative estimate of drug-likeness (QED) is 0.860. The highest BCUT2D eigenvalue weighted by Gasteiger charge is 2.22. The fourth-order valence-electron chi connectivity index (χ4n) is 3.62. The Morgan fingerprint density at radius 2 is 1.76 bits per heavy atom. The number of amides is 2. The molecule has 1 aliphatic heterocycles. The molecule has 0 aromatic heterocycles. The smallest absolute Gasteiger partial charge is 0.239 e. The second kappa shape index (κ2) is 8.99. The van der Waals surface area contributed by atoms with E-state index in [1.165, 1.54) is 23.8 Å². The van der Waals surface area contributed by atoms with Crippen LogP contribution in [0.2, 0.25) is 0 Å². The van der Waals surface area contributed by atoms with Crippen LogP contribution in [0.15, 0.2) is 24.3 Å². The van der Waals surface area contributed by atoms with Gasteiger partial charge in [0.2, 0.25) is 11.8 Å². The Hall–Kier alpha value is -1.88. The molecular weight excluding hydrogens is 314 g/mol. The molecule has 0 radical (unpaired) electrons. The van der Waals surface area contributed by atoms with E-state index in [2.05, 4.69) is 42.3 Å². The Balaban J connectivity index is 1.94. The summed E-state index contributed by atoms with van der Waals surface area (Å²) >= 11 is 0. The standard InChI is InChI=1S/C20H31N3O2/c1-15-9-16(2)12-23(11-15)13-19-8-6-5-7-18(19)10-21-20(25)14-22(4)17(3)24/h5-8,15-16H,9-14H2,1-4H3,(H,21,25)/t15-,16-/m0/s1. The van der Waals surface area contributed by atoms with Crippen LogP contribution in [0.3, 0.4) is 0 Å². The number of likely N-dealkylation sites (N-methyl/N-ethyl adjacent to an activating group) is 1. The Kier molecular flexibility index (Phi) is 7.00. The molecule has 0 unspecified atom stereocenters. The molecule has 1 aromatic rings. The molecule has 2 amide bonds. The van der Waals surface area contributed by atoms with Crippen LogP contribution in [0.4, 0.5) is 0 Å². The van der Waals surface area contributed by atoms with E-state index >= 15 is 0 Å². The van der Waals surface area contributed by atoms with Crippen molar-refractivity contribution in [3.8, 4) is 0 Å². The number of carbonyl (C=O) groups is 2. The predicted octanol–water partition coefficient (Wildman–Crippen LogP) is 2.26. The number of benzene rings is 1. The summed E-state index contributed by atoms with van der Waals surface area (Å²) in [5.41, 5.74) is 2.41. The predicted molar refractivity (Wildman–Crippen MR) is 99.8 cm³/mol. The minimum Gasteiger partial charge on any atom is -0.350 e. The van der Waals surface area contributed by atoms with Crippen LogP contribution in [0.1, 0.15) is 38.3 Å². The number of nitrogens with zero attached hydrogens (tertiary/aromatic N) is 2. The third-order valence-corrected chi connectivity index (χ3v) is 4.85. The Bertz CT molecular complexity index is 592. The third-order valence-electron chi connectivity index (χ3n) is 4.85. The molecule has 0 saturated carbocycles. The molecule has 0 bridgehead atoms. The summed E-state index contributed by atoms with van der Waals surface area (Å²) in [6.07, 6.45) is 1.30. The molecule has 1 aliphatic rings. The molecule has 25 heavy (non-hydrogen) atoms. The van der Waals surface area contributed by atoms with Crippen LogP contribution in [0.5, 0.6) is 0 Å². The van der Waals surface area contributed by atoms with Crippen LogP contribution in [0, 0.1) is 11.8 Å². The van der Waals surface area contributed by atoms with Crippen molar-refractivity contribution in [2.24, 2.45) is 11.8 Å². The lowest BCUT2D eigenvalue weighted by Gasteiger charge is -2.35. The van der Waals surface area contributed by atoms with Gasteiger partial charge in [0, 0.05) is 40.2 Å². The summed E-state index contributed by atoms with van der Waals surface area (Å²) in [4.78, 5) is 27.2. The number of carbonyl (C=O) groups excluding carboxylic acids is 2. The average molecular weight is 345 g/mol. The SMILES string of the molecule is CC(=O)N(C)CC(=O)NCc1ccccc1CN1C[C@@H](C)C[C@H](C)C1. The Morgan fingerprint density at radius 3 is 2.36 bits per heavy atom. The molecule has 138 valence electrons. The minimum absolute atomic E-state index is 0.0959. The highest BCUT2D eigenvalue weighted by molar-refractivity contribution is 5.83. The first-order chi connectivity index (χ1) is 11.8. The van der Waals surface area contributed by atoms with E-state index in [1.807, 2.05) is 6.07 Å². The topological polar surface area (TPSA) is 52.7 Å². The molecule has 2 atom stereocenters. The van der Waals surface area contributed by atoms with E-state index in [0.29, 0.717) is 6.54 Å². The van der Waals surface area contributed by atoms with Crippen LogP contribution in [-0.4, -0.2) is 48.3 Å². The van der Waals surface area contributed by atoms with E-state index in [4.69, 9.17) is 0 Å². The summed E-state index contributed by atoms with van der Waals surface area (Å²) in [5.74, 6) is 1.23. The van der Waals surface area contributed by atoms with Gasteiger partial charge < -0.3 is 10.2 Å². The summed E-state index contributed by atoms with van der Waals surface area (Å²) in [7, 11) is 1.63. The zero-order valence-corrected chi connectivity index (χ0v) is 15.9. The van der Waals surface area contributed by atoms with E-state index in [-0.39, 0.29) is 18.4 Å². The van der Waals surface area contributed by atoms with Crippen LogP contribution < -0.4 is 5.32 Å². The molecule has 2 rings (SSSR count). The van der Waals surface area contributed by atoms with Gasteiger partial charge in [0.15, 0.2) is 0 Å². The van der Waals surface area contributed by atoms with Gasteiger partial charge >= 0.3 is 0 Å². The van der Waals surface area contributed by atoms with Crippen molar-refractivity contribution < 1.29 is 9.59 Å². The fraction of sp³-hybridized carbons (Fsp3) is 0.600. The average Bonchev–Trinajstić information content (AvgIpc) is 2.53. The zero-order chi connectivity index (χ0) is 18.4. The highest BCUT2D eigenvalue weighted by Crippen LogP contribution is 2.23. The molecule has 1 saturated heterocycles. The van der Waals surface area contributed by atoms with E-state index < -0.39 is 0 Å². The molecule has 5 heteroatoms. The van der Waals surface area contributed by atoms with Gasteiger partial charge in [0.05, 0.1) is 6.54 Å². The van der Waals surface area contributed by atoms with E-state index in [0.717, 1.165) is 37.0 Å². The van der Waals surface area contributed by atoms with Gasteiger partial charge in [-0.05, 0) is 29.4 Å². The normalized spacial score (nSPS) is 21.0. The van der Waals surface area contributed by atoms with Gasteiger partial charge in [-0.25, -0.2) is 0 Å². The first-order valence-corrected chi connectivity index (χ1v) is 9.12. The Morgan fingerprint density at radius 1 is 1.16 bits per heavy atom. The molecule has 5 nitrogen and oxygen atoms in total. The first-order valence-electron chi connectivity index (χ1n) is 9.12. The van der Waals surface area contributed by atoms with Crippen molar-refractivity contribution in [1.29, 1.82) is 0 Å².